The molecular formula is C20H19FN4O3S. The summed E-state index contributed by atoms with van der Waals surface area (Å²) in [6.45, 7) is 0.715. The number of halogens is 1. The van der Waals surface area contributed by atoms with Crippen LogP contribution in [0.25, 0.3) is 0 Å². The first-order chi connectivity index (χ1) is 13.9. The number of sulfonamides is 1. The van der Waals surface area contributed by atoms with Gasteiger partial charge in [-0.2, -0.15) is 5.10 Å². The maximum Gasteiger partial charge on any atom is 0.255 e. The summed E-state index contributed by atoms with van der Waals surface area (Å²) in [6.07, 6.45) is 1.84. The van der Waals surface area contributed by atoms with Crippen molar-refractivity contribution in [2.45, 2.75) is 30.4 Å². The SMILES string of the molecule is O=C(NCc1ccccc1)c1cnn2c1C[C@H](NS(=O)(=O)c1ccc(F)cc1)C2. The van der Waals surface area contributed by atoms with E-state index in [-0.39, 0.29) is 10.8 Å². The second-order valence-electron chi connectivity index (χ2n) is 6.83. The number of rotatable bonds is 6. The number of aromatic nitrogens is 2. The van der Waals surface area contributed by atoms with E-state index < -0.39 is 21.9 Å². The Bertz CT molecular complexity index is 1130. The lowest BCUT2D eigenvalue weighted by Gasteiger charge is -2.12. The highest BCUT2D eigenvalue weighted by Gasteiger charge is 2.31. The minimum absolute atomic E-state index is 0.00994. The Labute approximate surface area is 167 Å². The summed E-state index contributed by atoms with van der Waals surface area (Å²) >= 11 is 0. The molecule has 7 nitrogen and oxygen atoms in total. The molecule has 29 heavy (non-hydrogen) atoms. The second-order valence-corrected chi connectivity index (χ2v) is 8.55. The maximum absolute atomic E-state index is 13.0. The molecule has 0 spiro atoms. The zero-order valence-corrected chi connectivity index (χ0v) is 16.2. The zero-order chi connectivity index (χ0) is 20.4. The Morgan fingerprint density at radius 3 is 2.59 bits per heavy atom. The van der Waals surface area contributed by atoms with Gasteiger partial charge in [0.05, 0.1) is 28.9 Å². The van der Waals surface area contributed by atoms with Gasteiger partial charge in [0.2, 0.25) is 10.0 Å². The first-order valence-corrected chi connectivity index (χ1v) is 10.6. The van der Waals surface area contributed by atoms with E-state index in [1.165, 1.54) is 18.3 Å². The van der Waals surface area contributed by atoms with Gasteiger partial charge in [-0.25, -0.2) is 17.5 Å². The van der Waals surface area contributed by atoms with Gasteiger partial charge in [0.1, 0.15) is 5.82 Å². The molecule has 0 radical (unpaired) electrons. The summed E-state index contributed by atoms with van der Waals surface area (Å²) in [5.74, 6) is -0.756. The predicted molar refractivity (Wildman–Crippen MR) is 104 cm³/mol. The molecule has 0 bridgehead atoms. The van der Waals surface area contributed by atoms with Gasteiger partial charge in [0, 0.05) is 19.0 Å². The van der Waals surface area contributed by atoms with E-state index in [0.717, 1.165) is 17.7 Å². The van der Waals surface area contributed by atoms with E-state index in [1.807, 2.05) is 30.3 Å². The van der Waals surface area contributed by atoms with Gasteiger partial charge >= 0.3 is 0 Å². The van der Waals surface area contributed by atoms with Gasteiger partial charge in [-0.1, -0.05) is 30.3 Å². The van der Waals surface area contributed by atoms with Crippen LogP contribution in [0.15, 0.2) is 65.7 Å². The minimum Gasteiger partial charge on any atom is -0.348 e. The van der Waals surface area contributed by atoms with Crippen molar-refractivity contribution in [2.75, 3.05) is 0 Å². The molecule has 1 aliphatic heterocycles. The fourth-order valence-electron chi connectivity index (χ4n) is 3.33. The molecule has 1 atom stereocenters. The molecule has 0 fully saturated rings. The Hall–Kier alpha value is -3.04. The van der Waals surface area contributed by atoms with Crippen LogP contribution < -0.4 is 10.0 Å². The van der Waals surface area contributed by atoms with Crippen molar-refractivity contribution in [2.24, 2.45) is 0 Å². The quantitative estimate of drug-likeness (QED) is 0.644. The van der Waals surface area contributed by atoms with E-state index in [1.54, 1.807) is 4.68 Å². The van der Waals surface area contributed by atoms with E-state index >= 15 is 0 Å². The molecule has 2 aromatic carbocycles. The third kappa shape index (κ3) is 4.20. The molecule has 0 aliphatic carbocycles. The first-order valence-electron chi connectivity index (χ1n) is 9.07. The molecule has 4 rings (SSSR count). The largest absolute Gasteiger partial charge is 0.348 e. The van der Waals surface area contributed by atoms with Crippen LogP contribution in [-0.4, -0.2) is 30.1 Å². The molecule has 0 unspecified atom stereocenters. The third-order valence-corrected chi connectivity index (χ3v) is 6.30. The molecule has 0 saturated heterocycles. The van der Waals surface area contributed by atoms with Crippen LogP contribution in [0.5, 0.6) is 0 Å². The van der Waals surface area contributed by atoms with Gasteiger partial charge in [0.15, 0.2) is 0 Å². The second kappa shape index (κ2) is 7.76. The fourth-order valence-corrected chi connectivity index (χ4v) is 4.56. The van der Waals surface area contributed by atoms with Crippen molar-refractivity contribution in [1.29, 1.82) is 0 Å². The van der Waals surface area contributed by atoms with Crippen molar-refractivity contribution in [3.63, 3.8) is 0 Å². The highest BCUT2D eigenvalue weighted by molar-refractivity contribution is 7.89. The Morgan fingerprint density at radius 1 is 1.14 bits per heavy atom. The van der Waals surface area contributed by atoms with Gasteiger partial charge in [-0.15, -0.1) is 0 Å². The molecule has 150 valence electrons. The van der Waals surface area contributed by atoms with Crippen LogP contribution in [-0.2, 0) is 29.5 Å². The monoisotopic (exact) mass is 414 g/mol. The molecule has 1 amide bonds. The first kappa shape index (κ1) is 19.3. The lowest BCUT2D eigenvalue weighted by atomic mass is 10.1. The summed E-state index contributed by atoms with van der Waals surface area (Å²) in [5.41, 5.74) is 2.10. The van der Waals surface area contributed by atoms with Crippen molar-refractivity contribution in [3.8, 4) is 0 Å². The number of carbonyl (C=O) groups is 1. The van der Waals surface area contributed by atoms with E-state index in [4.69, 9.17) is 0 Å². The topological polar surface area (TPSA) is 93.1 Å². The molecule has 2 N–H and O–H groups in total. The van der Waals surface area contributed by atoms with Crippen LogP contribution in [0.4, 0.5) is 4.39 Å². The zero-order valence-electron chi connectivity index (χ0n) is 15.4. The van der Waals surface area contributed by atoms with Crippen LogP contribution in [0.2, 0.25) is 0 Å². The van der Waals surface area contributed by atoms with Gasteiger partial charge < -0.3 is 5.32 Å². The summed E-state index contributed by atoms with van der Waals surface area (Å²) in [4.78, 5) is 12.5. The summed E-state index contributed by atoms with van der Waals surface area (Å²) in [5, 5.41) is 7.07. The smallest absolute Gasteiger partial charge is 0.255 e. The lowest BCUT2D eigenvalue weighted by molar-refractivity contribution is 0.0950. The fraction of sp³-hybridized carbons (Fsp3) is 0.200. The average Bonchev–Trinajstić information content (AvgIpc) is 3.27. The molecule has 0 saturated carbocycles. The van der Waals surface area contributed by atoms with Crippen LogP contribution in [0, 0.1) is 5.82 Å². The highest BCUT2D eigenvalue weighted by Crippen LogP contribution is 2.21. The lowest BCUT2D eigenvalue weighted by Crippen LogP contribution is -2.36. The van der Waals surface area contributed by atoms with Crippen molar-refractivity contribution in [3.05, 3.63) is 83.4 Å². The van der Waals surface area contributed by atoms with Gasteiger partial charge in [-0.3, -0.25) is 9.48 Å². The Kier molecular flexibility index (Phi) is 5.16. The molecule has 1 aliphatic rings. The predicted octanol–water partition coefficient (Wildman–Crippen LogP) is 1.86. The standard InChI is InChI=1S/C20H19FN4O3S/c21-15-6-8-17(9-7-15)29(27,28)24-16-10-19-18(12-23-25(19)13-16)20(26)22-11-14-4-2-1-3-5-14/h1-9,12,16,24H,10-11,13H2,(H,22,26)/t16-/m0/s1. The summed E-state index contributed by atoms with van der Waals surface area (Å²) < 4.78 is 42.3. The van der Waals surface area contributed by atoms with Gasteiger partial charge in [0.25, 0.3) is 5.91 Å². The Balaban J connectivity index is 1.42. The van der Waals surface area contributed by atoms with Crippen LogP contribution in [0.3, 0.4) is 0 Å². The van der Waals surface area contributed by atoms with E-state index in [0.29, 0.717) is 30.8 Å². The van der Waals surface area contributed by atoms with Crippen molar-refractivity contribution < 1.29 is 17.6 Å². The number of hydrogen-bond acceptors (Lipinski definition) is 4. The number of fused-ring (bicyclic) bond motifs is 1. The van der Waals surface area contributed by atoms with E-state index in [2.05, 4.69) is 15.1 Å². The minimum atomic E-state index is -3.79. The number of hydrogen-bond donors (Lipinski definition) is 2. The number of nitrogens with zero attached hydrogens (tertiary/aromatic N) is 2. The number of benzene rings is 2. The highest BCUT2D eigenvalue weighted by atomic mass is 32.2. The maximum atomic E-state index is 13.0. The van der Waals surface area contributed by atoms with Crippen molar-refractivity contribution in [1.82, 2.24) is 19.8 Å². The average molecular weight is 414 g/mol. The third-order valence-electron chi connectivity index (χ3n) is 4.77. The van der Waals surface area contributed by atoms with Crippen LogP contribution >= 0.6 is 0 Å². The molecule has 3 aromatic rings. The summed E-state index contributed by atoms with van der Waals surface area (Å²) in [6, 6.07) is 13.7. The number of amides is 1. The molecule has 9 heteroatoms. The van der Waals surface area contributed by atoms with E-state index in [9.17, 15) is 17.6 Å². The molecule has 1 aromatic heterocycles. The molecular weight excluding hydrogens is 395 g/mol. The summed E-state index contributed by atoms with van der Waals surface area (Å²) in [7, 11) is -3.79. The van der Waals surface area contributed by atoms with Crippen LogP contribution in [0.1, 0.15) is 21.6 Å². The number of carbonyl (C=O) groups excluding carboxylic acids is 1. The van der Waals surface area contributed by atoms with Crippen molar-refractivity contribution >= 4 is 15.9 Å². The number of nitrogens with one attached hydrogen (secondary N) is 2. The van der Waals surface area contributed by atoms with Gasteiger partial charge in [-0.05, 0) is 29.8 Å². The molecule has 2 heterocycles. The Morgan fingerprint density at radius 2 is 1.86 bits per heavy atom. The normalized spacial score (nSPS) is 15.8.